The average molecular weight is 379 g/mol. The normalized spacial score (nSPS) is 11.8. The van der Waals surface area contributed by atoms with Crippen LogP contribution in [0.3, 0.4) is 0 Å². The summed E-state index contributed by atoms with van der Waals surface area (Å²) in [5, 5.41) is 14.3. The van der Waals surface area contributed by atoms with Crippen LogP contribution in [-0.4, -0.2) is 18.3 Å². The first-order valence-corrected chi connectivity index (χ1v) is 6.43. The summed E-state index contributed by atoms with van der Waals surface area (Å²) in [5.74, 6) is 0. The van der Waals surface area contributed by atoms with E-state index >= 15 is 0 Å². The van der Waals surface area contributed by atoms with Gasteiger partial charge < -0.3 is 0 Å². The van der Waals surface area contributed by atoms with E-state index in [2.05, 4.69) is 10.1 Å². The highest BCUT2D eigenvalue weighted by atomic mass is 127. The summed E-state index contributed by atoms with van der Waals surface area (Å²) in [4.78, 5) is 12.7. The van der Waals surface area contributed by atoms with Gasteiger partial charge in [0.15, 0.2) is 5.03 Å². The van der Waals surface area contributed by atoms with Gasteiger partial charge in [0.1, 0.15) is 9.26 Å². The molecule has 0 radical (unpaired) electrons. The van der Waals surface area contributed by atoms with Gasteiger partial charge >= 0.3 is 0 Å². The third-order valence-corrected chi connectivity index (χ3v) is 3.53. The van der Waals surface area contributed by atoms with E-state index in [4.69, 9.17) is 0 Å². The number of nitro groups is 1. The molecule has 0 atom stereocenters. The Morgan fingerprint density at radius 2 is 2.06 bits per heavy atom. The molecule has 1 aromatic rings. The van der Waals surface area contributed by atoms with Gasteiger partial charge in [0.25, 0.3) is 22.1 Å². The zero-order valence-electron chi connectivity index (χ0n) is 7.80. The van der Waals surface area contributed by atoms with E-state index in [0.29, 0.717) is 6.07 Å². The standard InChI is InChI=1S/C6H4F2IN3O4S/c7-6(8)5-4(9)2(12(13)14)1-3(11-5)17(10,15)16/h1,6H,(H2,10,15,16). The molecular weight excluding hydrogens is 375 g/mol. The van der Waals surface area contributed by atoms with Crippen molar-refractivity contribution in [3.63, 3.8) is 0 Å². The summed E-state index contributed by atoms with van der Waals surface area (Å²) >= 11 is 1.30. The Morgan fingerprint density at radius 3 is 2.41 bits per heavy atom. The maximum atomic E-state index is 12.5. The molecule has 0 amide bonds. The number of aromatic nitrogens is 1. The molecule has 0 saturated heterocycles. The van der Waals surface area contributed by atoms with Crippen molar-refractivity contribution in [1.82, 2.24) is 4.98 Å². The highest BCUT2D eigenvalue weighted by Gasteiger charge is 2.27. The fourth-order valence-electron chi connectivity index (χ4n) is 0.935. The zero-order chi connectivity index (χ0) is 13.4. The monoisotopic (exact) mass is 379 g/mol. The third-order valence-electron chi connectivity index (χ3n) is 1.64. The minimum absolute atomic E-state index is 0.421. The maximum Gasteiger partial charge on any atom is 0.287 e. The van der Waals surface area contributed by atoms with Crippen LogP contribution in [0.5, 0.6) is 0 Å². The molecule has 0 unspecified atom stereocenters. The minimum Gasteiger partial charge on any atom is -0.258 e. The van der Waals surface area contributed by atoms with E-state index < -0.39 is 41.3 Å². The van der Waals surface area contributed by atoms with Gasteiger partial charge in [0.05, 0.1) is 11.0 Å². The van der Waals surface area contributed by atoms with Crippen LogP contribution in [0.2, 0.25) is 0 Å². The average Bonchev–Trinajstić information content (AvgIpc) is 2.14. The van der Waals surface area contributed by atoms with Gasteiger partial charge in [-0.1, -0.05) is 0 Å². The van der Waals surface area contributed by atoms with Crippen LogP contribution in [-0.2, 0) is 10.0 Å². The maximum absolute atomic E-state index is 12.5. The molecule has 0 aliphatic heterocycles. The molecule has 0 aromatic carbocycles. The zero-order valence-corrected chi connectivity index (χ0v) is 10.8. The largest absolute Gasteiger partial charge is 0.287 e. The van der Waals surface area contributed by atoms with E-state index in [9.17, 15) is 27.3 Å². The molecule has 1 heterocycles. The second-order valence-corrected chi connectivity index (χ2v) is 5.37. The lowest BCUT2D eigenvalue weighted by Gasteiger charge is -2.05. The van der Waals surface area contributed by atoms with Crippen molar-refractivity contribution < 1.29 is 22.1 Å². The fourth-order valence-corrected chi connectivity index (χ4v) is 2.14. The summed E-state index contributed by atoms with van der Waals surface area (Å²) < 4.78 is 46.5. The first-order chi connectivity index (χ1) is 7.64. The predicted molar refractivity (Wildman–Crippen MR) is 59.9 cm³/mol. The van der Waals surface area contributed by atoms with Gasteiger partial charge in [0.2, 0.25) is 0 Å². The van der Waals surface area contributed by atoms with Crippen LogP contribution >= 0.6 is 22.6 Å². The van der Waals surface area contributed by atoms with Crippen LogP contribution in [0.4, 0.5) is 14.5 Å². The SMILES string of the molecule is NS(=O)(=O)c1cc([N+](=O)[O-])c(I)c(C(F)F)n1. The number of hydrogen-bond donors (Lipinski definition) is 1. The van der Waals surface area contributed by atoms with Crippen molar-refractivity contribution in [3.8, 4) is 0 Å². The van der Waals surface area contributed by atoms with Gasteiger partial charge in [0, 0.05) is 0 Å². The van der Waals surface area contributed by atoms with Crippen LogP contribution in [0.25, 0.3) is 0 Å². The Morgan fingerprint density at radius 1 is 1.53 bits per heavy atom. The lowest BCUT2D eigenvalue weighted by molar-refractivity contribution is -0.386. The first kappa shape index (κ1) is 14.1. The number of pyridine rings is 1. The third kappa shape index (κ3) is 3.04. The molecule has 0 saturated carbocycles. The van der Waals surface area contributed by atoms with Crippen molar-refractivity contribution in [1.29, 1.82) is 0 Å². The summed E-state index contributed by atoms with van der Waals surface area (Å²) in [6.45, 7) is 0. The quantitative estimate of drug-likeness (QED) is 0.481. The lowest BCUT2D eigenvalue weighted by Crippen LogP contribution is -2.16. The number of sulfonamides is 1. The molecule has 0 fully saturated rings. The number of hydrogen-bond acceptors (Lipinski definition) is 5. The molecular formula is C6H4F2IN3O4S. The summed E-state index contributed by atoms with van der Waals surface area (Å²) in [6.07, 6.45) is -3.14. The number of primary sulfonamides is 1. The predicted octanol–water partition coefficient (Wildman–Crippen LogP) is 1.18. The van der Waals surface area contributed by atoms with Crippen LogP contribution in [0.15, 0.2) is 11.1 Å². The molecule has 7 nitrogen and oxygen atoms in total. The molecule has 11 heteroatoms. The van der Waals surface area contributed by atoms with Crippen molar-refractivity contribution in [2.45, 2.75) is 11.5 Å². The Labute approximate surface area is 107 Å². The molecule has 17 heavy (non-hydrogen) atoms. The highest BCUT2D eigenvalue weighted by molar-refractivity contribution is 14.1. The first-order valence-electron chi connectivity index (χ1n) is 3.80. The van der Waals surface area contributed by atoms with Crippen LogP contribution in [0.1, 0.15) is 12.1 Å². The van der Waals surface area contributed by atoms with E-state index in [0.717, 1.165) is 0 Å². The Hall–Kier alpha value is -0.950. The van der Waals surface area contributed by atoms with Crippen molar-refractivity contribution in [2.75, 3.05) is 0 Å². The minimum atomic E-state index is -4.38. The number of nitrogens with zero attached hydrogens (tertiary/aromatic N) is 2. The molecule has 0 aliphatic rings. The number of halogens is 3. The molecule has 2 N–H and O–H groups in total. The van der Waals surface area contributed by atoms with Crippen molar-refractivity contribution in [2.24, 2.45) is 5.14 Å². The molecule has 94 valence electrons. The molecule has 0 aliphatic carbocycles. The molecule has 0 spiro atoms. The number of alkyl halides is 2. The smallest absolute Gasteiger partial charge is 0.258 e. The second kappa shape index (κ2) is 4.73. The molecule has 0 bridgehead atoms. The van der Waals surface area contributed by atoms with E-state index in [-0.39, 0.29) is 0 Å². The Kier molecular flexibility index (Phi) is 3.93. The number of rotatable bonds is 3. The van der Waals surface area contributed by atoms with Crippen LogP contribution in [0, 0.1) is 13.7 Å². The van der Waals surface area contributed by atoms with Gasteiger partial charge in [-0.3, -0.25) is 10.1 Å². The Bertz CT molecular complexity index is 577. The molecule has 1 rings (SSSR count). The van der Waals surface area contributed by atoms with Crippen LogP contribution < -0.4 is 5.14 Å². The number of nitrogens with two attached hydrogens (primary N) is 1. The van der Waals surface area contributed by atoms with Gasteiger partial charge in [-0.25, -0.2) is 27.3 Å². The molecule has 1 aromatic heterocycles. The van der Waals surface area contributed by atoms with E-state index in [1.807, 2.05) is 0 Å². The summed E-state index contributed by atoms with van der Waals surface area (Å²) in [7, 11) is -4.38. The van der Waals surface area contributed by atoms with E-state index in [1.165, 1.54) is 22.6 Å². The second-order valence-electron chi connectivity index (χ2n) is 2.78. The fraction of sp³-hybridized carbons (Fsp3) is 0.167. The van der Waals surface area contributed by atoms with Crippen molar-refractivity contribution in [3.05, 3.63) is 25.4 Å². The van der Waals surface area contributed by atoms with E-state index in [1.54, 1.807) is 0 Å². The topological polar surface area (TPSA) is 116 Å². The Balaban J connectivity index is 3.65. The summed E-state index contributed by atoms with van der Waals surface area (Å²) in [6, 6.07) is 0.545. The highest BCUT2D eigenvalue weighted by Crippen LogP contribution is 2.31. The van der Waals surface area contributed by atoms with Gasteiger partial charge in [-0.15, -0.1) is 0 Å². The lowest BCUT2D eigenvalue weighted by atomic mass is 10.3. The summed E-state index contributed by atoms with van der Waals surface area (Å²) in [5.41, 5.74) is -1.76. The van der Waals surface area contributed by atoms with Gasteiger partial charge in [-0.05, 0) is 22.6 Å². The van der Waals surface area contributed by atoms with Gasteiger partial charge in [-0.2, -0.15) is 0 Å². The van der Waals surface area contributed by atoms with Crippen molar-refractivity contribution >= 4 is 38.3 Å².